The van der Waals surface area contributed by atoms with Gasteiger partial charge in [0.25, 0.3) is 5.91 Å². The number of benzene rings is 2. The summed E-state index contributed by atoms with van der Waals surface area (Å²) < 4.78 is 7.39. The molecule has 0 unspecified atom stereocenters. The lowest BCUT2D eigenvalue weighted by Gasteiger charge is -2.34. The van der Waals surface area contributed by atoms with Crippen LogP contribution in [0.25, 0.3) is 5.69 Å². The average molecular weight is 495 g/mol. The topological polar surface area (TPSA) is 76.5 Å². The van der Waals surface area contributed by atoms with E-state index in [0.29, 0.717) is 42.2 Å². The van der Waals surface area contributed by atoms with Crippen molar-refractivity contribution in [3.05, 3.63) is 76.6 Å². The van der Waals surface area contributed by atoms with Crippen molar-refractivity contribution < 1.29 is 14.3 Å². The van der Waals surface area contributed by atoms with E-state index < -0.39 is 5.60 Å². The number of anilines is 1. The highest BCUT2D eigenvalue weighted by atomic mass is 35.5. The summed E-state index contributed by atoms with van der Waals surface area (Å²) in [5.41, 5.74) is 3.54. The predicted molar refractivity (Wildman–Crippen MR) is 137 cm³/mol. The summed E-state index contributed by atoms with van der Waals surface area (Å²) in [6, 6.07) is 15.1. The lowest BCUT2D eigenvalue weighted by molar-refractivity contribution is 0.0203. The summed E-state index contributed by atoms with van der Waals surface area (Å²) >= 11 is 5.98. The fourth-order valence-corrected chi connectivity index (χ4v) is 4.34. The van der Waals surface area contributed by atoms with Gasteiger partial charge >= 0.3 is 6.09 Å². The Hall–Kier alpha value is -3.32. The number of nitrogens with one attached hydrogen (secondary N) is 1. The van der Waals surface area contributed by atoms with Crippen LogP contribution < -0.4 is 5.32 Å². The van der Waals surface area contributed by atoms with Gasteiger partial charge in [-0.3, -0.25) is 4.79 Å². The molecule has 1 aliphatic rings. The van der Waals surface area contributed by atoms with E-state index in [1.165, 1.54) is 0 Å². The molecule has 0 radical (unpaired) electrons. The standard InChI is InChI=1S/C27H31ClN4O3/c1-18-5-11-22(12-6-18)32-24(19-13-15-31(16-14-19)26(34)35-27(2,3)4)23(17-29-32)25(33)30-21-9-7-20(28)8-10-21/h5-12,17,19H,13-16H2,1-4H3,(H,30,33). The number of rotatable bonds is 4. The first kappa shape index (κ1) is 24.8. The molecular formula is C27H31ClN4O3. The summed E-state index contributed by atoms with van der Waals surface area (Å²) in [5, 5.41) is 8.16. The van der Waals surface area contributed by atoms with Gasteiger partial charge in [0.05, 0.1) is 23.1 Å². The van der Waals surface area contributed by atoms with Gasteiger partial charge < -0.3 is 15.0 Å². The van der Waals surface area contributed by atoms with Crippen LogP contribution in [-0.2, 0) is 4.74 Å². The lowest BCUT2D eigenvalue weighted by atomic mass is 9.90. The SMILES string of the molecule is Cc1ccc(-n2ncc(C(=O)Nc3ccc(Cl)cc3)c2C2CCN(C(=O)OC(C)(C)C)CC2)cc1. The van der Waals surface area contributed by atoms with Gasteiger partial charge in [-0.05, 0) is 76.9 Å². The Bertz CT molecular complexity index is 1190. The molecule has 35 heavy (non-hydrogen) atoms. The number of piperidine rings is 1. The smallest absolute Gasteiger partial charge is 0.410 e. The van der Waals surface area contributed by atoms with Gasteiger partial charge in [-0.1, -0.05) is 29.3 Å². The van der Waals surface area contributed by atoms with Gasteiger partial charge in [0, 0.05) is 29.7 Å². The molecule has 0 spiro atoms. The Labute approximate surface area is 211 Å². The van der Waals surface area contributed by atoms with Crippen LogP contribution >= 0.6 is 11.6 Å². The molecule has 1 saturated heterocycles. The molecule has 2 heterocycles. The van der Waals surface area contributed by atoms with Gasteiger partial charge in [-0.15, -0.1) is 0 Å². The van der Waals surface area contributed by atoms with E-state index in [-0.39, 0.29) is 17.9 Å². The molecule has 1 aliphatic heterocycles. The second-order valence-electron chi connectivity index (χ2n) is 9.89. The van der Waals surface area contributed by atoms with Crippen LogP contribution in [0.2, 0.25) is 5.02 Å². The summed E-state index contributed by atoms with van der Waals surface area (Å²) in [6.07, 6.45) is 2.74. The largest absolute Gasteiger partial charge is 0.444 e. The Balaban J connectivity index is 1.60. The number of aromatic nitrogens is 2. The van der Waals surface area contributed by atoms with E-state index in [1.54, 1.807) is 35.4 Å². The van der Waals surface area contributed by atoms with Crippen molar-refractivity contribution in [2.24, 2.45) is 0 Å². The third-order valence-electron chi connectivity index (χ3n) is 5.97. The molecule has 0 bridgehead atoms. The van der Waals surface area contributed by atoms with E-state index in [4.69, 9.17) is 16.3 Å². The third-order valence-corrected chi connectivity index (χ3v) is 6.22. The third kappa shape index (κ3) is 6.03. The first-order valence-corrected chi connectivity index (χ1v) is 12.2. The number of nitrogens with zero attached hydrogens (tertiary/aromatic N) is 3. The average Bonchev–Trinajstić information content (AvgIpc) is 3.25. The van der Waals surface area contributed by atoms with Gasteiger partial charge in [0.15, 0.2) is 0 Å². The van der Waals surface area contributed by atoms with Gasteiger partial charge in [-0.2, -0.15) is 5.10 Å². The first-order chi connectivity index (χ1) is 16.6. The Kier molecular flexibility index (Phi) is 7.17. The number of hydrogen-bond acceptors (Lipinski definition) is 4. The molecule has 1 fully saturated rings. The number of aryl methyl sites for hydroxylation is 1. The molecule has 2 amide bonds. The minimum atomic E-state index is -0.537. The highest BCUT2D eigenvalue weighted by Crippen LogP contribution is 2.33. The molecule has 8 heteroatoms. The normalized spacial score (nSPS) is 14.6. The first-order valence-electron chi connectivity index (χ1n) is 11.8. The number of hydrogen-bond donors (Lipinski definition) is 1. The maximum atomic E-state index is 13.3. The highest BCUT2D eigenvalue weighted by molar-refractivity contribution is 6.30. The van der Waals surface area contributed by atoms with E-state index in [2.05, 4.69) is 10.4 Å². The quantitative estimate of drug-likeness (QED) is 0.468. The monoisotopic (exact) mass is 494 g/mol. The van der Waals surface area contributed by atoms with Crippen molar-refractivity contribution in [1.82, 2.24) is 14.7 Å². The Morgan fingerprint density at radius 1 is 1.03 bits per heavy atom. The molecule has 1 aromatic heterocycles. The Morgan fingerprint density at radius 2 is 1.66 bits per heavy atom. The summed E-state index contributed by atoms with van der Waals surface area (Å²) in [7, 11) is 0. The minimum absolute atomic E-state index is 0.0588. The van der Waals surface area contributed by atoms with Crippen LogP contribution in [0.3, 0.4) is 0 Å². The van der Waals surface area contributed by atoms with E-state index >= 15 is 0 Å². The molecule has 184 valence electrons. The molecule has 4 rings (SSSR count). The molecular weight excluding hydrogens is 464 g/mol. The number of carbonyl (C=O) groups is 2. The molecule has 2 aromatic carbocycles. The van der Waals surface area contributed by atoms with Gasteiger partial charge in [0.2, 0.25) is 0 Å². The van der Waals surface area contributed by atoms with Crippen molar-refractivity contribution in [1.29, 1.82) is 0 Å². The zero-order chi connectivity index (χ0) is 25.2. The summed E-state index contributed by atoms with van der Waals surface area (Å²) in [4.78, 5) is 27.6. The second kappa shape index (κ2) is 10.1. The molecule has 0 saturated carbocycles. The zero-order valence-electron chi connectivity index (χ0n) is 20.5. The van der Waals surface area contributed by atoms with Crippen LogP contribution in [0.1, 0.15) is 61.1 Å². The number of likely N-dealkylation sites (tertiary alicyclic amines) is 1. The number of ether oxygens (including phenoxy) is 1. The van der Waals surface area contributed by atoms with Crippen LogP contribution in [0, 0.1) is 6.92 Å². The van der Waals surface area contributed by atoms with Crippen LogP contribution in [0.4, 0.5) is 10.5 Å². The van der Waals surface area contributed by atoms with Crippen LogP contribution in [0.15, 0.2) is 54.7 Å². The fourth-order valence-electron chi connectivity index (χ4n) is 4.21. The van der Waals surface area contributed by atoms with E-state index in [1.807, 2.05) is 56.6 Å². The minimum Gasteiger partial charge on any atom is -0.444 e. The van der Waals surface area contributed by atoms with Crippen LogP contribution in [-0.4, -0.2) is 45.4 Å². The number of amides is 2. The summed E-state index contributed by atoms with van der Waals surface area (Å²) in [5.74, 6) is -0.168. The second-order valence-corrected chi connectivity index (χ2v) is 10.3. The highest BCUT2D eigenvalue weighted by Gasteiger charge is 2.32. The van der Waals surface area contributed by atoms with Crippen molar-refractivity contribution in [2.45, 2.75) is 52.1 Å². The van der Waals surface area contributed by atoms with Crippen molar-refractivity contribution in [2.75, 3.05) is 18.4 Å². The summed E-state index contributed by atoms with van der Waals surface area (Å²) in [6.45, 7) is 8.73. The molecule has 1 N–H and O–H groups in total. The van der Waals surface area contributed by atoms with Crippen molar-refractivity contribution in [3.8, 4) is 5.69 Å². The molecule has 0 aliphatic carbocycles. The van der Waals surface area contributed by atoms with Gasteiger partial charge in [0.1, 0.15) is 5.60 Å². The number of carbonyl (C=O) groups excluding carboxylic acids is 2. The van der Waals surface area contributed by atoms with Gasteiger partial charge in [-0.25, -0.2) is 9.48 Å². The Morgan fingerprint density at radius 3 is 2.26 bits per heavy atom. The maximum absolute atomic E-state index is 13.3. The van der Waals surface area contributed by atoms with E-state index in [0.717, 1.165) is 16.9 Å². The van der Waals surface area contributed by atoms with E-state index in [9.17, 15) is 9.59 Å². The molecule has 0 atom stereocenters. The zero-order valence-corrected chi connectivity index (χ0v) is 21.3. The van der Waals surface area contributed by atoms with Crippen molar-refractivity contribution >= 4 is 29.3 Å². The maximum Gasteiger partial charge on any atom is 0.410 e. The number of halogens is 1. The van der Waals surface area contributed by atoms with Crippen molar-refractivity contribution in [3.63, 3.8) is 0 Å². The molecule has 7 nitrogen and oxygen atoms in total. The fraction of sp³-hybridized carbons (Fsp3) is 0.370. The molecule has 3 aromatic rings. The lowest BCUT2D eigenvalue weighted by Crippen LogP contribution is -2.41. The predicted octanol–water partition coefficient (Wildman–Crippen LogP) is 6.20. The van der Waals surface area contributed by atoms with Crippen LogP contribution in [0.5, 0.6) is 0 Å².